The standard InChI is InChI=1S/C14H17N3O5S/c1-2-7-15-23(21,22)11-5-3-4-10(9-11)13(18)16-12-6-8-17(20)14(12)19/h2-5,9,12,15,20H,1,6-8H2,(H,16,18). The summed E-state index contributed by atoms with van der Waals surface area (Å²) in [4.78, 5) is 23.7. The monoisotopic (exact) mass is 339 g/mol. The number of hydrogen-bond donors (Lipinski definition) is 3. The van der Waals surface area contributed by atoms with Gasteiger partial charge in [-0.15, -0.1) is 6.58 Å². The number of carbonyl (C=O) groups is 2. The van der Waals surface area contributed by atoms with E-state index in [1.807, 2.05) is 0 Å². The summed E-state index contributed by atoms with van der Waals surface area (Å²) in [6, 6.07) is 4.64. The quantitative estimate of drug-likeness (QED) is 0.493. The first-order chi connectivity index (χ1) is 10.8. The van der Waals surface area contributed by atoms with Crippen molar-refractivity contribution >= 4 is 21.8 Å². The Morgan fingerprint density at radius 3 is 2.83 bits per heavy atom. The van der Waals surface area contributed by atoms with Crippen LogP contribution in [-0.4, -0.2) is 49.6 Å². The van der Waals surface area contributed by atoms with Crippen LogP contribution in [0.2, 0.25) is 0 Å². The van der Waals surface area contributed by atoms with Crippen molar-refractivity contribution in [3.63, 3.8) is 0 Å². The average Bonchev–Trinajstić information content (AvgIpc) is 2.85. The van der Waals surface area contributed by atoms with Gasteiger partial charge in [0.05, 0.1) is 11.4 Å². The lowest BCUT2D eigenvalue weighted by Gasteiger charge is -2.12. The molecule has 1 aliphatic heterocycles. The Kier molecular flexibility index (Phi) is 5.14. The van der Waals surface area contributed by atoms with Crippen molar-refractivity contribution in [2.45, 2.75) is 17.4 Å². The van der Waals surface area contributed by atoms with Crippen molar-refractivity contribution in [2.24, 2.45) is 0 Å². The molecule has 8 nitrogen and oxygen atoms in total. The van der Waals surface area contributed by atoms with E-state index in [1.54, 1.807) is 0 Å². The van der Waals surface area contributed by atoms with Crippen molar-refractivity contribution in [3.8, 4) is 0 Å². The molecule has 1 aliphatic rings. The van der Waals surface area contributed by atoms with E-state index in [0.717, 1.165) is 0 Å². The van der Waals surface area contributed by atoms with Crippen molar-refractivity contribution in [1.82, 2.24) is 15.1 Å². The van der Waals surface area contributed by atoms with Crippen LogP contribution in [0, 0.1) is 0 Å². The molecule has 3 N–H and O–H groups in total. The number of sulfonamides is 1. The van der Waals surface area contributed by atoms with Crippen LogP contribution in [0.1, 0.15) is 16.8 Å². The number of rotatable bonds is 6. The van der Waals surface area contributed by atoms with Crippen LogP contribution in [0.3, 0.4) is 0 Å². The lowest BCUT2D eigenvalue weighted by Crippen LogP contribution is -2.40. The number of hydrogen-bond acceptors (Lipinski definition) is 5. The van der Waals surface area contributed by atoms with Crippen LogP contribution < -0.4 is 10.0 Å². The molecule has 0 aromatic heterocycles. The first kappa shape index (κ1) is 17.1. The van der Waals surface area contributed by atoms with Crippen LogP contribution in [-0.2, 0) is 14.8 Å². The fourth-order valence-corrected chi connectivity index (χ4v) is 3.14. The zero-order chi connectivity index (χ0) is 17.0. The molecule has 1 fully saturated rings. The van der Waals surface area contributed by atoms with Gasteiger partial charge in [-0.05, 0) is 24.6 Å². The van der Waals surface area contributed by atoms with E-state index in [0.29, 0.717) is 11.5 Å². The van der Waals surface area contributed by atoms with Crippen LogP contribution in [0.15, 0.2) is 41.8 Å². The van der Waals surface area contributed by atoms with Crippen LogP contribution in [0.5, 0.6) is 0 Å². The molecular formula is C14H17N3O5S. The molecule has 2 amide bonds. The number of nitrogens with one attached hydrogen (secondary N) is 2. The highest BCUT2D eigenvalue weighted by Crippen LogP contribution is 2.13. The van der Waals surface area contributed by atoms with E-state index in [4.69, 9.17) is 0 Å². The van der Waals surface area contributed by atoms with Gasteiger partial charge in [0.15, 0.2) is 0 Å². The number of nitrogens with zero attached hydrogens (tertiary/aromatic N) is 1. The molecule has 9 heteroatoms. The number of hydroxylamine groups is 2. The molecule has 1 atom stereocenters. The minimum Gasteiger partial charge on any atom is -0.340 e. The molecule has 0 radical (unpaired) electrons. The first-order valence-corrected chi connectivity index (χ1v) is 8.35. The Morgan fingerprint density at radius 2 is 2.22 bits per heavy atom. The molecule has 23 heavy (non-hydrogen) atoms. The minimum atomic E-state index is -3.74. The Hall–Kier alpha value is -2.23. The molecular weight excluding hydrogens is 322 g/mol. The summed E-state index contributed by atoms with van der Waals surface area (Å²) in [5, 5.41) is 12.2. The van der Waals surface area contributed by atoms with Gasteiger partial charge < -0.3 is 5.32 Å². The molecule has 124 valence electrons. The van der Waals surface area contributed by atoms with E-state index >= 15 is 0 Å². The largest absolute Gasteiger partial charge is 0.340 e. The summed E-state index contributed by atoms with van der Waals surface area (Å²) < 4.78 is 26.3. The van der Waals surface area contributed by atoms with Crippen molar-refractivity contribution in [1.29, 1.82) is 0 Å². The van der Waals surface area contributed by atoms with Crippen LogP contribution in [0.4, 0.5) is 0 Å². The van der Waals surface area contributed by atoms with Gasteiger partial charge in [-0.3, -0.25) is 14.8 Å². The molecule has 0 saturated carbocycles. The van der Waals surface area contributed by atoms with Gasteiger partial charge in [-0.1, -0.05) is 12.1 Å². The maximum absolute atomic E-state index is 12.2. The lowest BCUT2D eigenvalue weighted by atomic mass is 10.2. The second kappa shape index (κ2) is 6.90. The van der Waals surface area contributed by atoms with Gasteiger partial charge in [0.1, 0.15) is 6.04 Å². The molecule has 1 heterocycles. The second-order valence-electron chi connectivity index (χ2n) is 4.94. The fraction of sp³-hybridized carbons (Fsp3) is 0.286. The molecule has 1 unspecified atom stereocenters. The van der Waals surface area contributed by atoms with E-state index < -0.39 is 27.9 Å². The third-order valence-electron chi connectivity index (χ3n) is 3.31. The Bertz CT molecular complexity index is 732. The van der Waals surface area contributed by atoms with Crippen LogP contribution in [0.25, 0.3) is 0 Å². The maximum atomic E-state index is 12.2. The molecule has 1 aromatic rings. The SMILES string of the molecule is C=CCNS(=O)(=O)c1cccc(C(=O)NC2CCN(O)C2=O)c1. The topological polar surface area (TPSA) is 116 Å². The summed E-state index contributed by atoms with van der Waals surface area (Å²) in [6.07, 6.45) is 1.69. The second-order valence-corrected chi connectivity index (χ2v) is 6.71. The van der Waals surface area contributed by atoms with E-state index in [2.05, 4.69) is 16.6 Å². The minimum absolute atomic E-state index is 0.0615. The summed E-state index contributed by atoms with van der Waals surface area (Å²) in [6.45, 7) is 3.64. The third-order valence-corrected chi connectivity index (χ3v) is 4.73. The fourth-order valence-electron chi connectivity index (χ4n) is 2.10. The highest BCUT2D eigenvalue weighted by atomic mass is 32.2. The third kappa shape index (κ3) is 3.95. The number of amides is 2. The van der Waals surface area contributed by atoms with Crippen molar-refractivity contribution in [3.05, 3.63) is 42.5 Å². The summed E-state index contributed by atoms with van der Waals surface area (Å²) in [5.41, 5.74) is 0.107. The van der Waals surface area contributed by atoms with Gasteiger partial charge in [0, 0.05) is 12.1 Å². The highest BCUT2D eigenvalue weighted by molar-refractivity contribution is 7.89. The zero-order valence-electron chi connectivity index (χ0n) is 12.2. The van der Waals surface area contributed by atoms with Gasteiger partial charge in [-0.2, -0.15) is 0 Å². The zero-order valence-corrected chi connectivity index (χ0v) is 13.0. The Balaban J connectivity index is 2.14. The molecule has 0 aliphatic carbocycles. The molecule has 1 aromatic carbocycles. The normalized spacial score (nSPS) is 18.0. The Labute approximate surface area is 133 Å². The van der Waals surface area contributed by atoms with E-state index in [1.165, 1.54) is 30.3 Å². The highest BCUT2D eigenvalue weighted by Gasteiger charge is 2.32. The summed E-state index contributed by atoms with van der Waals surface area (Å²) in [5.74, 6) is -1.17. The molecule has 1 saturated heterocycles. The average molecular weight is 339 g/mol. The Morgan fingerprint density at radius 1 is 1.48 bits per heavy atom. The molecule has 0 bridgehead atoms. The summed E-state index contributed by atoms with van der Waals surface area (Å²) in [7, 11) is -3.74. The smallest absolute Gasteiger partial charge is 0.268 e. The summed E-state index contributed by atoms with van der Waals surface area (Å²) >= 11 is 0. The lowest BCUT2D eigenvalue weighted by molar-refractivity contribution is -0.158. The first-order valence-electron chi connectivity index (χ1n) is 6.87. The van der Waals surface area contributed by atoms with Gasteiger partial charge >= 0.3 is 0 Å². The number of carbonyl (C=O) groups excluding carboxylic acids is 2. The maximum Gasteiger partial charge on any atom is 0.268 e. The molecule has 2 rings (SSSR count). The van der Waals surface area contributed by atoms with Crippen LogP contribution >= 0.6 is 0 Å². The van der Waals surface area contributed by atoms with Crippen molar-refractivity contribution < 1.29 is 23.2 Å². The molecule has 0 spiro atoms. The predicted octanol–water partition coefficient (Wildman–Crippen LogP) is -0.129. The van der Waals surface area contributed by atoms with E-state index in [9.17, 15) is 23.2 Å². The van der Waals surface area contributed by atoms with Gasteiger partial charge in [0.25, 0.3) is 11.8 Å². The van der Waals surface area contributed by atoms with Gasteiger partial charge in [-0.25, -0.2) is 18.2 Å². The predicted molar refractivity (Wildman–Crippen MR) is 81.2 cm³/mol. The van der Waals surface area contributed by atoms with E-state index in [-0.39, 0.29) is 23.5 Å². The number of benzene rings is 1. The van der Waals surface area contributed by atoms with Crippen molar-refractivity contribution in [2.75, 3.05) is 13.1 Å². The van der Waals surface area contributed by atoms with Gasteiger partial charge in [0.2, 0.25) is 10.0 Å².